The van der Waals surface area contributed by atoms with Crippen LogP contribution in [-0.2, 0) is 10.0 Å². The second kappa shape index (κ2) is 2.32. The van der Waals surface area contributed by atoms with Gasteiger partial charge in [-0.3, -0.25) is 0 Å². The van der Waals surface area contributed by atoms with Crippen LogP contribution in [0.4, 0.5) is 0 Å². The second-order valence-electron chi connectivity index (χ2n) is 3.62. The van der Waals surface area contributed by atoms with Gasteiger partial charge in [-0.1, -0.05) is 6.08 Å². The first-order valence-corrected chi connectivity index (χ1v) is 5.04. The van der Waals surface area contributed by atoms with Crippen molar-refractivity contribution in [3.63, 3.8) is 0 Å². The van der Waals surface area contributed by atoms with Crippen molar-refractivity contribution in [2.75, 3.05) is 6.54 Å². The van der Waals surface area contributed by atoms with E-state index in [1.165, 1.54) is 9.71 Å². The lowest BCUT2D eigenvalue weighted by Crippen LogP contribution is -2.42. The van der Waals surface area contributed by atoms with Gasteiger partial charge in [0, 0.05) is 17.5 Å². The van der Waals surface area contributed by atoms with Crippen LogP contribution in [0, 0.1) is 0 Å². The molecular weight excluding hydrogens is 162 g/mol. The number of rotatable bonds is 0. The smallest absolute Gasteiger partial charge is 0.207 e. The van der Waals surface area contributed by atoms with Crippen molar-refractivity contribution < 1.29 is 8.42 Å². The molecule has 64 valence electrons. The van der Waals surface area contributed by atoms with Crippen molar-refractivity contribution in [1.29, 1.82) is 0 Å². The molecule has 0 aliphatic carbocycles. The molecule has 0 atom stereocenters. The summed E-state index contributed by atoms with van der Waals surface area (Å²) in [5.74, 6) is 0. The van der Waals surface area contributed by atoms with Crippen LogP contribution in [0.2, 0.25) is 0 Å². The van der Waals surface area contributed by atoms with Gasteiger partial charge >= 0.3 is 0 Å². The molecule has 0 spiro atoms. The van der Waals surface area contributed by atoms with E-state index in [4.69, 9.17) is 0 Å². The first-order valence-electron chi connectivity index (χ1n) is 3.53. The van der Waals surface area contributed by atoms with E-state index in [1.54, 1.807) is 6.08 Å². The van der Waals surface area contributed by atoms with Gasteiger partial charge in [0.25, 0.3) is 0 Å². The predicted molar refractivity (Wildman–Crippen MR) is 44.5 cm³/mol. The average Bonchev–Trinajstić information content (AvgIpc) is 2.06. The second-order valence-corrected chi connectivity index (χ2v) is 5.36. The van der Waals surface area contributed by atoms with Crippen molar-refractivity contribution in [2.45, 2.75) is 26.3 Å². The van der Waals surface area contributed by atoms with Gasteiger partial charge in [0.05, 0.1) is 0 Å². The van der Waals surface area contributed by atoms with Crippen molar-refractivity contribution in [3.05, 3.63) is 11.5 Å². The van der Waals surface area contributed by atoms with Gasteiger partial charge in [0.15, 0.2) is 0 Å². The topological polar surface area (TPSA) is 37.4 Å². The third-order valence-corrected chi connectivity index (χ3v) is 3.44. The Morgan fingerprint density at radius 2 is 1.91 bits per heavy atom. The van der Waals surface area contributed by atoms with E-state index in [0.717, 1.165) is 0 Å². The van der Waals surface area contributed by atoms with Crippen molar-refractivity contribution in [2.24, 2.45) is 0 Å². The maximum Gasteiger partial charge on any atom is 0.236 e. The van der Waals surface area contributed by atoms with Gasteiger partial charge in [-0.2, -0.15) is 4.31 Å². The molecule has 0 amide bonds. The van der Waals surface area contributed by atoms with Crippen LogP contribution in [0.15, 0.2) is 11.5 Å². The summed E-state index contributed by atoms with van der Waals surface area (Å²) < 4.78 is 24.0. The van der Waals surface area contributed by atoms with E-state index >= 15 is 0 Å². The van der Waals surface area contributed by atoms with Gasteiger partial charge in [0.1, 0.15) is 0 Å². The Hall–Kier alpha value is -0.350. The fraction of sp³-hybridized carbons (Fsp3) is 0.714. The summed E-state index contributed by atoms with van der Waals surface area (Å²) in [5, 5.41) is 1.26. The van der Waals surface area contributed by atoms with Crippen LogP contribution >= 0.6 is 0 Å². The van der Waals surface area contributed by atoms with E-state index in [-0.39, 0.29) is 5.54 Å². The molecule has 0 fully saturated rings. The number of hydrogen-bond donors (Lipinski definition) is 0. The summed E-state index contributed by atoms with van der Waals surface area (Å²) in [7, 11) is -3.09. The fourth-order valence-electron chi connectivity index (χ4n) is 1.09. The Morgan fingerprint density at radius 1 is 1.36 bits per heavy atom. The molecule has 0 aromatic carbocycles. The highest BCUT2D eigenvalue weighted by Gasteiger charge is 2.32. The highest BCUT2D eigenvalue weighted by Crippen LogP contribution is 2.22. The Kier molecular flexibility index (Phi) is 1.84. The zero-order chi connectivity index (χ0) is 8.70. The molecule has 1 aliphatic rings. The van der Waals surface area contributed by atoms with Gasteiger partial charge in [-0.05, 0) is 20.8 Å². The molecule has 0 saturated carbocycles. The average molecular weight is 175 g/mol. The minimum absolute atomic E-state index is 0.303. The third kappa shape index (κ3) is 1.62. The Bertz CT molecular complexity index is 271. The molecule has 1 heterocycles. The summed E-state index contributed by atoms with van der Waals surface area (Å²) in [6.07, 6.45) is 1.67. The normalized spacial score (nSPS) is 24.3. The molecule has 11 heavy (non-hydrogen) atoms. The molecule has 0 saturated heterocycles. The Morgan fingerprint density at radius 3 is 2.09 bits per heavy atom. The molecule has 3 nitrogen and oxygen atoms in total. The van der Waals surface area contributed by atoms with E-state index in [1.807, 2.05) is 20.8 Å². The maximum absolute atomic E-state index is 11.2. The van der Waals surface area contributed by atoms with E-state index in [2.05, 4.69) is 0 Å². The monoisotopic (exact) mass is 175 g/mol. The lowest BCUT2D eigenvalue weighted by atomic mass is 10.1. The zero-order valence-corrected chi connectivity index (χ0v) is 7.85. The molecule has 0 aromatic heterocycles. The van der Waals surface area contributed by atoms with Gasteiger partial charge in [0.2, 0.25) is 10.0 Å². The fourth-order valence-corrected chi connectivity index (χ4v) is 2.63. The first-order chi connectivity index (χ1) is 4.84. The molecule has 0 N–H and O–H groups in total. The molecule has 0 bridgehead atoms. The zero-order valence-electron chi connectivity index (χ0n) is 7.03. The van der Waals surface area contributed by atoms with E-state index < -0.39 is 10.0 Å². The summed E-state index contributed by atoms with van der Waals surface area (Å²) in [5.41, 5.74) is -0.303. The molecule has 1 aliphatic heterocycles. The number of sulfonamides is 1. The maximum atomic E-state index is 11.2. The molecule has 0 radical (unpaired) electrons. The van der Waals surface area contributed by atoms with E-state index in [0.29, 0.717) is 6.54 Å². The highest BCUT2D eigenvalue weighted by atomic mass is 32.2. The predicted octanol–water partition coefficient (Wildman–Crippen LogP) is 0.944. The summed E-state index contributed by atoms with van der Waals surface area (Å²) in [6.45, 7) is 6.17. The molecule has 0 unspecified atom stereocenters. The molecule has 4 heteroatoms. The van der Waals surface area contributed by atoms with E-state index in [9.17, 15) is 8.42 Å². The van der Waals surface area contributed by atoms with Crippen LogP contribution in [0.25, 0.3) is 0 Å². The van der Waals surface area contributed by atoms with Gasteiger partial charge < -0.3 is 0 Å². The lowest BCUT2D eigenvalue weighted by molar-refractivity contribution is 0.278. The number of hydrogen-bond acceptors (Lipinski definition) is 2. The minimum Gasteiger partial charge on any atom is -0.207 e. The van der Waals surface area contributed by atoms with Crippen LogP contribution in [0.5, 0.6) is 0 Å². The lowest BCUT2D eigenvalue weighted by Gasteiger charge is -2.29. The summed E-state index contributed by atoms with van der Waals surface area (Å²) >= 11 is 0. The van der Waals surface area contributed by atoms with Crippen LogP contribution in [0.3, 0.4) is 0 Å². The standard InChI is InChI=1S/C7H13NO2S/c1-7(2,3)8-5-4-6-11(8,9)10/h4,6H,5H2,1-3H3. The largest absolute Gasteiger partial charge is 0.236 e. The van der Waals surface area contributed by atoms with Crippen molar-refractivity contribution in [1.82, 2.24) is 4.31 Å². The molecule has 1 rings (SSSR count). The molecular formula is C7H13NO2S. The third-order valence-electron chi connectivity index (χ3n) is 1.59. The highest BCUT2D eigenvalue weighted by molar-refractivity contribution is 7.92. The SMILES string of the molecule is CC(C)(C)N1CC=CS1(=O)=O. The summed E-state index contributed by atoms with van der Waals surface area (Å²) in [4.78, 5) is 0. The van der Waals surface area contributed by atoms with Crippen molar-refractivity contribution in [3.8, 4) is 0 Å². The minimum atomic E-state index is -3.09. The van der Waals surface area contributed by atoms with Crippen molar-refractivity contribution >= 4 is 10.0 Å². The van der Waals surface area contributed by atoms with Crippen LogP contribution in [-0.4, -0.2) is 24.8 Å². The van der Waals surface area contributed by atoms with Crippen LogP contribution in [0.1, 0.15) is 20.8 Å². The first kappa shape index (κ1) is 8.74. The Balaban J connectivity index is 2.97. The quantitative estimate of drug-likeness (QED) is 0.549. The Labute approximate surface area is 67.8 Å². The van der Waals surface area contributed by atoms with Crippen LogP contribution < -0.4 is 0 Å². The molecule has 0 aromatic rings. The van der Waals surface area contributed by atoms with Gasteiger partial charge in [-0.15, -0.1) is 0 Å². The van der Waals surface area contributed by atoms with Gasteiger partial charge in [-0.25, -0.2) is 8.42 Å². The summed E-state index contributed by atoms with van der Waals surface area (Å²) in [6, 6.07) is 0. The number of nitrogens with zero attached hydrogens (tertiary/aromatic N) is 1.